The molecule has 1 aliphatic carbocycles. The predicted molar refractivity (Wildman–Crippen MR) is 120 cm³/mol. The Morgan fingerprint density at radius 3 is 1.39 bits per heavy atom. The molecule has 5 aromatic rings. The van der Waals surface area contributed by atoms with E-state index < -0.39 is 0 Å². The molecule has 130 valence electrons. The molecule has 0 saturated carbocycles. The van der Waals surface area contributed by atoms with E-state index in [-0.39, 0.29) is 0 Å². The van der Waals surface area contributed by atoms with Gasteiger partial charge in [-0.15, -0.1) is 0 Å². The Kier molecular flexibility index (Phi) is 3.27. The minimum absolute atomic E-state index is 1.28. The summed E-state index contributed by atoms with van der Waals surface area (Å²) in [7, 11) is 0. The molecule has 0 saturated heterocycles. The average molecular weight is 354 g/mol. The van der Waals surface area contributed by atoms with Gasteiger partial charge in [-0.2, -0.15) is 0 Å². The van der Waals surface area contributed by atoms with Crippen LogP contribution < -0.4 is 0 Å². The highest BCUT2D eigenvalue weighted by atomic mass is 14.3. The molecule has 0 nitrogen and oxygen atoms in total. The highest BCUT2D eigenvalue weighted by molar-refractivity contribution is 6.14. The van der Waals surface area contributed by atoms with E-state index in [1.165, 1.54) is 54.9 Å². The van der Waals surface area contributed by atoms with Crippen LogP contribution in [-0.4, -0.2) is 0 Å². The van der Waals surface area contributed by atoms with Crippen molar-refractivity contribution in [3.8, 4) is 11.1 Å². The van der Waals surface area contributed by atoms with Crippen LogP contribution in [0.3, 0.4) is 0 Å². The van der Waals surface area contributed by atoms with Gasteiger partial charge in [0.2, 0.25) is 0 Å². The summed E-state index contributed by atoms with van der Waals surface area (Å²) < 4.78 is 0. The molecule has 0 heterocycles. The molecule has 28 heavy (non-hydrogen) atoms. The van der Waals surface area contributed by atoms with Gasteiger partial charge in [0.1, 0.15) is 0 Å². The Hall–Kier alpha value is -3.64. The first kappa shape index (κ1) is 15.4. The number of rotatable bonds is 1. The maximum absolute atomic E-state index is 2.40. The van der Waals surface area contributed by atoms with Crippen molar-refractivity contribution in [1.29, 1.82) is 0 Å². The molecule has 0 amide bonds. The third kappa shape index (κ3) is 2.18. The van der Waals surface area contributed by atoms with Crippen LogP contribution in [0, 0.1) is 0 Å². The van der Waals surface area contributed by atoms with Gasteiger partial charge in [0.05, 0.1) is 0 Å². The minimum atomic E-state index is 1.28. The topological polar surface area (TPSA) is 0 Å². The predicted octanol–water partition coefficient (Wildman–Crippen LogP) is 7.56. The first-order chi connectivity index (χ1) is 13.9. The molecule has 0 spiro atoms. The van der Waals surface area contributed by atoms with Crippen LogP contribution in [0.4, 0.5) is 0 Å². The fourth-order valence-corrected chi connectivity index (χ4v) is 4.56. The van der Waals surface area contributed by atoms with E-state index in [2.05, 4.69) is 109 Å². The van der Waals surface area contributed by atoms with Crippen molar-refractivity contribution in [3.05, 3.63) is 120 Å². The zero-order chi connectivity index (χ0) is 18.5. The highest BCUT2D eigenvalue weighted by Gasteiger charge is 2.22. The van der Waals surface area contributed by atoms with Crippen molar-refractivity contribution in [1.82, 2.24) is 0 Å². The third-order valence-electron chi connectivity index (χ3n) is 5.83. The number of hydrogen-bond acceptors (Lipinski definition) is 0. The van der Waals surface area contributed by atoms with E-state index in [0.717, 1.165) is 0 Å². The lowest BCUT2D eigenvalue weighted by molar-refractivity contribution is 1.65. The number of hydrogen-bond donors (Lipinski definition) is 0. The van der Waals surface area contributed by atoms with Crippen molar-refractivity contribution in [3.63, 3.8) is 0 Å². The van der Waals surface area contributed by atoms with Gasteiger partial charge < -0.3 is 0 Å². The zero-order valence-electron chi connectivity index (χ0n) is 15.4. The van der Waals surface area contributed by atoms with Crippen molar-refractivity contribution >= 4 is 33.2 Å². The monoisotopic (exact) mass is 354 g/mol. The first-order valence-corrected chi connectivity index (χ1v) is 9.71. The summed E-state index contributed by atoms with van der Waals surface area (Å²) in [6.07, 6.45) is 2.40. The van der Waals surface area contributed by atoms with E-state index in [0.29, 0.717) is 0 Å². The smallest absolute Gasteiger partial charge is 0.00926 e. The van der Waals surface area contributed by atoms with Gasteiger partial charge in [-0.3, -0.25) is 0 Å². The van der Waals surface area contributed by atoms with E-state index >= 15 is 0 Å². The molecule has 0 aliphatic heterocycles. The van der Waals surface area contributed by atoms with Crippen LogP contribution in [0.5, 0.6) is 0 Å². The summed E-state index contributed by atoms with van der Waals surface area (Å²) >= 11 is 0. The van der Waals surface area contributed by atoms with Gasteiger partial charge in [-0.05, 0) is 67.1 Å². The molecule has 0 heteroatoms. The summed E-state index contributed by atoms with van der Waals surface area (Å²) in [5.41, 5.74) is 7.91. The first-order valence-electron chi connectivity index (χ1n) is 9.71. The molecule has 0 radical (unpaired) electrons. The number of fused-ring (bicyclic) bond motifs is 5. The second kappa shape index (κ2) is 5.94. The standard InChI is InChI=1S/C28H18/c1-3-11-21-19(9-1)17-20-10-2-4-12-22(20)27(21)18-28-25-15-7-5-13-23(25)24-14-6-8-16-26(24)28/h1-18H. The summed E-state index contributed by atoms with van der Waals surface area (Å²) in [4.78, 5) is 0. The molecular formula is C28H18. The Morgan fingerprint density at radius 1 is 0.429 bits per heavy atom. The second-order valence-corrected chi connectivity index (χ2v) is 7.38. The Labute approximate surface area is 164 Å². The maximum atomic E-state index is 2.40. The van der Waals surface area contributed by atoms with Crippen LogP contribution >= 0.6 is 0 Å². The van der Waals surface area contributed by atoms with E-state index in [9.17, 15) is 0 Å². The molecule has 6 rings (SSSR count). The average Bonchev–Trinajstić information content (AvgIpc) is 3.07. The summed E-state index contributed by atoms with van der Waals surface area (Å²) in [5.74, 6) is 0. The third-order valence-corrected chi connectivity index (χ3v) is 5.83. The zero-order valence-corrected chi connectivity index (χ0v) is 15.4. The SMILES string of the molecule is C(=C1c2ccccc2-c2ccccc21)c1c2ccccc2cc2ccccc12. The minimum Gasteiger partial charge on any atom is -0.0616 e. The van der Waals surface area contributed by atoms with E-state index in [1.807, 2.05) is 0 Å². The summed E-state index contributed by atoms with van der Waals surface area (Å²) in [5, 5.41) is 5.17. The van der Waals surface area contributed by atoms with Crippen molar-refractivity contribution in [2.24, 2.45) is 0 Å². The highest BCUT2D eigenvalue weighted by Crippen LogP contribution is 2.45. The van der Waals surface area contributed by atoms with Crippen molar-refractivity contribution < 1.29 is 0 Å². The van der Waals surface area contributed by atoms with Gasteiger partial charge in [-0.1, -0.05) is 97.1 Å². The maximum Gasteiger partial charge on any atom is -0.00926 e. The fourth-order valence-electron chi connectivity index (χ4n) is 4.56. The van der Waals surface area contributed by atoms with Gasteiger partial charge in [0.15, 0.2) is 0 Å². The Morgan fingerprint density at radius 2 is 0.857 bits per heavy atom. The Bertz CT molecular complexity index is 1300. The van der Waals surface area contributed by atoms with Crippen molar-refractivity contribution in [2.45, 2.75) is 0 Å². The second-order valence-electron chi connectivity index (χ2n) is 7.38. The molecule has 1 aliphatic rings. The van der Waals surface area contributed by atoms with Crippen molar-refractivity contribution in [2.75, 3.05) is 0 Å². The van der Waals surface area contributed by atoms with E-state index in [1.54, 1.807) is 0 Å². The van der Waals surface area contributed by atoms with Gasteiger partial charge in [-0.25, -0.2) is 0 Å². The largest absolute Gasteiger partial charge is 0.0616 e. The number of benzene rings is 5. The van der Waals surface area contributed by atoms with Crippen LogP contribution in [-0.2, 0) is 0 Å². The quantitative estimate of drug-likeness (QED) is 0.267. The molecule has 0 aromatic heterocycles. The summed E-state index contributed by atoms with van der Waals surface area (Å²) in [6.45, 7) is 0. The van der Waals surface area contributed by atoms with Crippen LogP contribution in [0.2, 0.25) is 0 Å². The molecule has 0 unspecified atom stereocenters. The lowest BCUT2D eigenvalue weighted by atomic mass is 9.93. The van der Waals surface area contributed by atoms with Gasteiger partial charge >= 0.3 is 0 Å². The summed E-state index contributed by atoms with van der Waals surface area (Å²) in [6, 6.07) is 37.2. The van der Waals surface area contributed by atoms with E-state index in [4.69, 9.17) is 0 Å². The van der Waals surface area contributed by atoms with Gasteiger partial charge in [0.25, 0.3) is 0 Å². The van der Waals surface area contributed by atoms with Crippen LogP contribution in [0.25, 0.3) is 44.3 Å². The molecule has 0 bridgehead atoms. The van der Waals surface area contributed by atoms with Gasteiger partial charge in [0, 0.05) is 0 Å². The Balaban J connectivity index is 1.74. The lowest BCUT2D eigenvalue weighted by Gasteiger charge is -2.10. The van der Waals surface area contributed by atoms with Crippen LogP contribution in [0.1, 0.15) is 16.7 Å². The lowest BCUT2D eigenvalue weighted by Crippen LogP contribution is -1.86. The molecule has 0 atom stereocenters. The fraction of sp³-hybridized carbons (Fsp3) is 0. The molecule has 0 N–H and O–H groups in total. The molecule has 0 fully saturated rings. The molecule has 5 aromatic carbocycles. The van der Waals surface area contributed by atoms with Crippen LogP contribution in [0.15, 0.2) is 103 Å². The normalized spacial score (nSPS) is 12.2. The molecular weight excluding hydrogens is 336 g/mol.